The van der Waals surface area contributed by atoms with Gasteiger partial charge in [0.2, 0.25) is 5.91 Å². The van der Waals surface area contributed by atoms with E-state index in [-0.39, 0.29) is 50.3 Å². The Kier molecular flexibility index (Phi) is 6.88. The normalized spacial score (nSPS) is 19.9. The molecule has 8 nitrogen and oxygen atoms in total. The van der Waals surface area contributed by atoms with Gasteiger partial charge in [0, 0.05) is 31.8 Å². The number of likely N-dealkylation sites (tertiary alicyclic amines) is 1. The number of β-amino-alcohol motifs (C(OH)–C–C–N with tert-alkyl or cyclic N) is 1. The van der Waals surface area contributed by atoms with Crippen molar-refractivity contribution < 1.29 is 29.3 Å². The number of fused-ring (bicyclic) bond motifs is 3. The Morgan fingerprint density at radius 1 is 1.12 bits per heavy atom. The number of hydrogen-bond donors (Lipinski definition) is 3. The predicted octanol–water partition coefficient (Wildman–Crippen LogP) is 2.99. The first-order valence-corrected chi connectivity index (χ1v) is 11.6. The monoisotopic (exact) mass is 466 g/mol. The predicted molar refractivity (Wildman–Crippen MR) is 125 cm³/mol. The van der Waals surface area contributed by atoms with Crippen LogP contribution in [-0.4, -0.2) is 64.9 Å². The summed E-state index contributed by atoms with van der Waals surface area (Å²) in [5, 5.41) is 21.9. The van der Waals surface area contributed by atoms with Gasteiger partial charge in [-0.05, 0) is 34.6 Å². The van der Waals surface area contributed by atoms with E-state index in [0.717, 1.165) is 11.1 Å². The molecule has 1 saturated heterocycles. The molecule has 2 unspecified atom stereocenters. The fourth-order valence-electron chi connectivity index (χ4n) is 4.78. The topological polar surface area (TPSA) is 116 Å². The summed E-state index contributed by atoms with van der Waals surface area (Å²) in [6.45, 7) is 2.55. The fraction of sp³-hybridized carbons (Fsp3) is 0.423. The molecular formula is C26H30N2O6. The van der Waals surface area contributed by atoms with E-state index in [4.69, 9.17) is 9.84 Å². The van der Waals surface area contributed by atoms with Crippen molar-refractivity contribution in [3.05, 3.63) is 59.7 Å². The number of hydrogen-bond acceptors (Lipinski definition) is 5. The zero-order chi connectivity index (χ0) is 24.3. The molecule has 4 rings (SSSR count). The molecule has 8 heteroatoms. The Bertz CT molecular complexity index is 1040. The summed E-state index contributed by atoms with van der Waals surface area (Å²) in [5.41, 5.74) is 2.79. The summed E-state index contributed by atoms with van der Waals surface area (Å²) in [7, 11) is 0. The average Bonchev–Trinajstić information content (AvgIpc) is 3.37. The minimum Gasteiger partial charge on any atom is -0.479 e. The second-order valence-corrected chi connectivity index (χ2v) is 9.25. The van der Waals surface area contributed by atoms with Crippen LogP contribution in [0.3, 0.4) is 0 Å². The number of carbonyl (C=O) groups is 3. The van der Waals surface area contributed by atoms with Gasteiger partial charge < -0.3 is 25.2 Å². The molecule has 2 atom stereocenters. The highest BCUT2D eigenvalue weighted by Crippen LogP contribution is 2.44. The van der Waals surface area contributed by atoms with Crippen molar-refractivity contribution in [2.45, 2.75) is 37.7 Å². The fourth-order valence-corrected chi connectivity index (χ4v) is 4.78. The number of benzene rings is 2. The van der Waals surface area contributed by atoms with E-state index >= 15 is 0 Å². The molecule has 34 heavy (non-hydrogen) atoms. The smallest absolute Gasteiger partial charge is 0.407 e. The van der Waals surface area contributed by atoms with Crippen LogP contribution in [0.5, 0.6) is 0 Å². The third-order valence-corrected chi connectivity index (χ3v) is 6.77. The van der Waals surface area contributed by atoms with Crippen molar-refractivity contribution in [1.29, 1.82) is 0 Å². The first-order valence-electron chi connectivity index (χ1n) is 11.6. The van der Waals surface area contributed by atoms with E-state index in [9.17, 15) is 19.5 Å². The molecule has 2 aromatic carbocycles. The van der Waals surface area contributed by atoms with E-state index in [0.29, 0.717) is 13.0 Å². The SMILES string of the molecule is CC(CCNC(=O)OCC1c2ccccc2-c2ccccc21)CC(=O)N1CCC(O)(C(=O)O)C1. The highest BCUT2D eigenvalue weighted by molar-refractivity contribution is 5.82. The van der Waals surface area contributed by atoms with Crippen molar-refractivity contribution in [3.63, 3.8) is 0 Å². The first kappa shape index (κ1) is 23.8. The quantitative estimate of drug-likeness (QED) is 0.551. The van der Waals surface area contributed by atoms with Crippen LogP contribution in [0, 0.1) is 5.92 Å². The number of rotatable bonds is 8. The number of aliphatic hydroxyl groups is 1. The van der Waals surface area contributed by atoms with Crippen LogP contribution in [0.25, 0.3) is 11.1 Å². The lowest BCUT2D eigenvalue weighted by atomic mass is 9.98. The molecule has 0 saturated carbocycles. The number of nitrogens with zero attached hydrogens (tertiary/aromatic N) is 1. The molecule has 0 radical (unpaired) electrons. The van der Waals surface area contributed by atoms with Gasteiger partial charge in [-0.15, -0.1) is 0 Å². The van der Waals surface area contributed by atoms with Gasteiger partial charge in [0.25, 0.3) is 0 Å². The Labute approximate surface area is 198 Å². The zero-order valence-electron chi connectivity index (χ0n) is 19.2. The molecule has 1 aliphatic heterocycles. The van der Waals surface area contributed by atoms with Crippen LogP contribution in [0.15, 0.2) is 48.5 Å². The Balaban J connectivity index is 1.20. The molecule has 3 N–H and O–H groups in total. The first-order chi connectivity index (χ1) is 16.3. The average molecular weight is 467 g/mol. The van der Waals surface area contributed by atoms with Crippen LogP contribution >= 0.6 is 0 Å². The molecule has 180 valence electrons. The molecule has 0 aromatic heterocycles. The van der Waals surface area contributed by atoms with Gasteiger partial charge in [0.15, 0.2) is 5.60 Å². The Morgan fingerprint density at radius 3 is 2.32 bits per heavy atom. The van der Waals surface area contributed by atoms with Gasteiger partial charge in [0.1, 0.15) is 6.61 Å². The summed E-state index contributed by atoms with van der Waals surface area (Å²) in [5.74, 6) is -1.51. The van der Waals surface area contributed by atoms with Crippen molar-refractivity contribution in [2.24, 2.45) is 5.92 Å². The Hall–Kier alpha value is -3.39. The van der Waals surface area contributed by atoms with Crippen LogP contribution in [0.4, 0.5) is 4.79 Å². The van der Waals surface area contributed by atoms with Crippen LogP contribution in [-0.2, 0) is 14.3 Å². The van der Waals surface area contributed by atoms with E-state index in [1.54, 1.807) is 0 Å². The van der Waals surface area contributed by atoms with Crippen LogP contribution in [0.2, 0.25) is 0 Å². The van der Waals surface area contributed by atoms with E-state index in [1.807, 2.05) is 31.2 Å². The van der Waals surface area contributed by atoms with Gasteiger partial charge in [-0.1, -0.05) is 55.5 Å². The van der Waals surface area contributed by atoms with Gasteiger partial charge in [0.05, 0.1) is 6.54 Å². The van der Waals surface area contributed by atoms with Gasteiger partial charge >= 0.3 is 12.1 Å². The van der Waals surface area contributed by atoms with Crippen LogP contribution in [0.1, 0.15) is 43.2 Å². The maximum Gasteiger partial charge on any atom is 0.407 e. The maximum atomic E-state index is 12.4. The minimum atomic E-state index is -1.86. The third-order valence-electron chi connectivity index (χ3n) is 6.77. The lowest BCUT2D eigenvalue weighted by molar-refractivity contribution is -0.157. The molecule has 1 heterocycles. The summed E-state index contributed by atoms with van der Waals surface area (Å²) < 4.78 is 5.52. The number of carbonyl (C=O) groups excluding carboxylic acids is 2. The molecule has 2 amide bonds. The number of aliphatic carboxylic acids is 1. The number of carboxylic acid groups (broad SMARTS) is 1. The second-order valence-electron chi connectivity index (χ2n) is 9.25. The minimum absolute atomic E-state index is 0.000368. The summed E-state index contributed by atoms with van der Waals surface area (Å²) in [6.07, 6.45) is 0.340. The number of ether oxygens (including phenoxy) is 1. The van der Waals surface area contributed by atoms with Gasteiger partial charge in [-0.25, -0.2) is 9.59 Å². The van der Waals surface area contributed by atoms with Gasteiger partial charge in [-0.2, -0.15) is 0 Å². The molecule has 1 aliphatic carbocycles. The van der Waals surface area contributed by atoms with Crippen molar-refractivity contribution >= 4 is 18.0 Å². The Morgan fingerprint density at radius 2 is 1.74 bits per heavy atom. The number of alkyl carbamates (subject to hydrolysis) is 1. The van der Waals surface area contributed by atoms with Crippen molar-refractivity contribution in [3.8, 4) is 11.1 Å². The van der Waals surface area contributed by atoms with E-state index < -0.39 is 17.7 Å². The summed E-state index contributed by atoms with van der Waals surface area (Å²) in [6, 6.07) is 16.3. The highest BCUT2D eigenvalue weighted by atomic mass is 16.5. The number of nitrogens with one attached hydrogen (secondary N) is 1. The maximum absolute atomic E-state index is 12.4. The van der Waals surface area contributed by atoms with Gasteiger partial charge in [-0.3, -0.25) is 4.79 Å². The zero-order valence-corrected chi connectivity index (χ0v) is 19.2. The second kappa shape index (κ2) is 9.85. The third kappa shape index (κ3) is 4.92. The highest BCUT2D eigenvalue weighted by Gasteiger charge is 2.44. The molecule has 0 spiro atoms. The number of carboxylic acids is 1. The molecule has 0 bridgehead atoms. The van der Waals surface area contributed by atoms with E-state index in [1.165, 1.54) is 16.0 Å². The molecule has 2 aliphatic rings. The molecule has 2 aromatic rings. The number of amides is 2. The summed E-state index contributed by atoms with van der Waals surface area (Å²) >= 11 is 0. The lowest BCUT2D eigenvalue weighted by Gasteiger charge is -2.21. The van der Waals surface area contributed by atoms with Crippen molar-refractivity contribution in [2.75, 3.05) is 26.2 Å². The van der Waals surface area contributed by atoms with Crippen molar-refractivity contribution in [1.82, 2.24) is 10.2 Å². The lowest BCUT2D eigenvalue weighted by Crippen LogP contribution is -2.42. The van der Waals surface area contributed by atoms with Crippen LogP contribution < -0.4 is 5.32 Å². The molecule has 1 fully saturated rings. The standard InChI is InChI=1S/C26H30N2O6/c1-17(14-23(29)28-13-11-26(33,16-28)24(30)31)10-12-27-25(32)34-15-22-20-8-4-2-6-18(20)19-7-3-5-9-21(19)22/h2-9,17,22,33H,10-16H2,1H3,(H,27,32)(H,30,31). The molecular weight excluding hydrogens is 436 g/mol. The van der Waals surface area contributed by atoms with E-state index in [2.05, 4.69) is 29.6 Å². The largest absolute Gasteiger partial charge is 0.479 e. The summed E-state index contributed by atoms with van der Waals surface area (Å²) in [4.78, 5) is 37.2.